The van der Waals surface area contributed by atoms with Crippen molar-refractivity contribution >= 4 is 5.91 Å². The maximum absolute atomic E-state index is 10.5. The van der Waals surface area contributed by atoms with Gasteiger partial charge in [-0.1, -0.05) is 6.08 Å². The third kappa shape index (κ3) is 5.61. The van der Waals surface area contributed by atoms with Gasteiger partial charge in [0.05, 0.1) is 0 Å². The quantitative estimate of drug-likeness (QED) is 0.447. The first kappa shape index (κ1) is 10.2. The van der Waals surface area contributed by atoms with Crippen LogP contribution in [0.25, 0.3) is 0 Å². The van der Waals surface area contributed by atoms with Crippen molar-refractivity contribution in [2.24, 2.45) is 5.73 Å². The molecule has 0 spiro atoms. The normalized spacial score (nSPS) is 11.6. The second kappa shape index (κ2) is 5.92. The first-order chi connectivity index (χ1) is 5.18. The molecule has 3 nitrogen and oxygen atoms in total. The first-order valence-electron chi connectivity index (χ1n) is 3.79. The maximum Gasteiger partial charge on any atom is 0.244 e. The summed E-state index contributed by atoms with van der Waals surface area (Å²) in [7, 11) is 1.91. The van der Waals surface area contributed by atoms with E-state index in [1.165, 1.54) is 0 Å². The third-order valence-electron chi connectivity index (χ3n) is 1.47. The number of primary amides is 1. The van der Waals surface area contributed by atoms with Gasteiger partial charge in [0, 0.05) is 5.57 Å². The van der Waals surface area contributed by atoms with Gasteiger partial charge in [0.1, 0.15) is 0 Å². The molecule has 64 valence electrons. The fraction of sp³-hybridized carbons (Fsp3) is 0.625. The molecule has 1 amide bonds. The Morgan fingerprint density at radius 2 is 2.27 bits per heavy atom. The Bertz CT molecular complexity index is 152. The molecule has 0 aliphatic heterocycles. The molecule has 0 fully saturated rings. The molecule has 0 unspecified atom stereocenters. The van der Waals surface area contributed by atoms with E-state index < -0.39 is 0 Å². The monoisotopic (exact) mass is 156 g/mol. The number of carbonyl (C=O) groups is 1. The lowest BCUT2D eigenvalue weighted by Crippen LogP contribution is -2.12. The molecule has 0 heterocycles. The van der Waals surface area contributed by atoms with Crippen LogP contribution < -0.4 is 11.1 Å². The van der Waals surface area contributed by atoms with Crippen LogP contribution in [0.4, 0.5) is 0 Å². The van der Waals surface area contributed by atoms with Crippen LogP contribution in [0.3, 0.4) is 0 Å². The zero-order valence-electron chi connectivity index (χ0n) is 7.18. The number of carbonyl (C=O) groups excluding carboxylic acids is 1. The van der Waals surface area contributed by atoms with Crippen LogP contribution in [0.2, 0.25) is 0 Å². The Labute approximate surface area is 67.7 Å². The Kier molecular flexibility index (Phi) is 5.47. The van der Waals surface area contributed by atoms with Crippen molar-refractivity contribution in [3.8, 4) is 0 Å². The lowest BCUT2D eigenvalue weighted by atomic mass is 10.2. The molecule has 11 heavy (non-hydrogen) atoms. The lowest BCUT2D eigenvalue weighted by Gasteiger charge is -1.95. The van der Waals surface area contributed by atoms with Crippen molar-refractivity contribution in [2.45, 2.75) is 19.8 Å². The number of nitrogens with one attached hydrogen (secondary N) is 1. The topological polar surface area (TPSA) is 55.1 Å². The van der Waals surface area contributed by atoms with E-state index in [0.717, 1.165) is 19.4 Å². The number of rotatable bonds is 5. The van der Waals surface area contributed by atoms with E-state index in [9.17, 15) is 4.79 Å². The van der Waals surface area contributed by atoms with Crippen molar-refractivity contribution in [3.63, 3.8) is 0 Å². The lowest BCUT2D eigenvalue weighted by molar-refractivity contribution is -0.114. The van der Waals surface area contributed by atoms with Gasteiger partial charge >= 0.3 is 0 Å². The van der Waals surface area contributed by atoms with Crippen molar-refractivity contribution in [3.05, 3.63) is 11.6 Å². The van der Waals surface area contributed by atoms with E-state index >= 15 is 0 Å². The smallest absolute Gasteiger partial charge is 0.244 e. The van der Waals surface area contributed by atoms with Gasteiger partial charge in [0.25, 0.3) is 0 Å². The second-order valence-electron chi connectivity index (χ2n) is 2.50. The van der Waals surface area contributed by atoms with Crippen molar-refractivity contribution in [2.75, 3.05) is 13.6 Å². The fourth-order valence-electron chi connectivity index (χ4n) is 0.698. The van der Waals surface area contributed by atoms with Crippen molar-refractivity contribution in [1.82, 2.24) is 5.32 Å². The van der Waals surface area contributed by atoms with Crippen molar-refractivity contribution < 1.29 is 4.79 Å². The summed E-state index contributed by atoms with van der Waals surface area (Å²) in [6.45, 7) is 2.71. The molecule has 0 aliphatic rings. The highest BCUT2D eigenvalue weighted by Crippen LogP contribution is 1.96. The highest BCUT2D eigenvalue weighted by molar-refractivity contribution is 5.91. The first-order valence-corrected chi connectivity index (χ1v) is 3.79. The summed E-state index contributed by atoms with van der Waals surface area (Å²) < 4.78 is 0. The molecule has 0 aromatic heterocycles. The summed E-state index contributed by atoms with van der Waals surface area (Å²) in [5.74, 6) is -0.325. The summed E-state index contributed by atoms with van der Waals surface area (Å²) in [6.07, 6.45) is 3.83. The minimum Gasteiger partial charge on any atom is -0.366 e. The van der Waals surface area contributed by atoms with Gasteiger partial charge < -0.3 is 11.1 Å². The summed E-state index contributed by atoms with van der Waals surface area (Å²) in [4.78, 5) is 10.5. The minimum atomic E-state index is -0.325. The van der Waals surface area contributed by atoms with Crippen LogP contribution in [0.15, 0.2) is 11.6 Å². The highest BCUT2D eigenvalue weighted by atomic mass is 16.1. The summed E-state index contributed by atoms with van der Waals surface area (Å²) >= 11 is 0. The van der Waals surface area contributed by atoms with Crippen LogP contribution in [0.5, 0.6) is 0 Å². The highest BCUT2D eigenvalue weighted by Gasteiger charge is 1.94. The van der Waals surface area contributed by atoms with E-state index in [2.05, 4.69) is 5.32 Å². The van der Waals surface area contributed by atoms with Gasteiger partial charge in [-0.05, 0) is 33.4 Å². The van der Waals surface area contributed by atoms with Crippen LogP contribution in [-0.2, 0) is 4.79 Å². The number of hydrogen-bond donors (Lipinski definition) is 2. The number of allylic oxidation sites excluding steroid dienone is 1. The van der Waals surface area contributed by atoms with E-state index in [1.54, 1.807) is 6.92 Å². The van der Waals surface area contributed by atoms with Crippen LogP contribution >= 0.6 is 0 Å². The van der Waals surface area contributed by atoms with Crippen LogP contribution in [0.1, 0.15) is 19.8 Å². The molecular weight excluding hydrogens is 140 g/mol. The van der Waals surface area contributed by atoms with Crippen molar-refractivity contribution in [1.29, 1.82) is 0 Å². The van der Waals surface area contributed by atoms with E-state index in [-0.39, 0.29) is 5.91 Å². The SMILES string of the molecule is CNCCC/C=C(\C)C(N)=O. The van der Waals surface area contributed by atoms with Gasteiger partial charge in [0.2, 0.25) is 5.91 Å². The maximum atomic E-state index is 10.5. The average Bonchev–Trinajstić information content (AvgIpc) is 1.97. The van der Waals surface area contributed by atoms with Crippen LogP contribution in [-0.4, -0.2) is 19.5 Å². The molecule has 3 heteroatoms. The van der Waals surface area contributed by atoms with Gasteiger partial charge in [0.15, 0.2) is 0 Å². The Balaban J connectivity index is 3.48. The Morgan fingerprint density at radius 3 is 2.73 bits per heavy atom. The number of nitrogens with two attached hydrogens (primary N) is 1. The zero-order chi connectivity index (χ0) is 8.69. The molecule has 0 rings (SSSR count). The van der Waals surface area contributed by atoms with Gasteiger partial charge in [-0.3, -0.25) is 4.79 Å². The molecule has 0 aliphatic carbocycles. The Hall–Kier alpha value is -0.830. The number of amides is 1. The molecule has 0 radical (unpaired) electrons. The molecule has 0 aromatic carbocycles. The summed E-state index contributed by atoms with van der Waals surface area (Å²) in [5, 5.41) is 3.03. The predicted octanol–water partition coefficient (Wildman–Crippen LogP) is 0.418. The largest absolute Gasteiger partial charge is 0.366 e. The average molecular weight is 156 g/mol. The standard InChI is InChI=1S/C8H16N2O/c1-7(8(9)11)5-3-4-6-10-2/h5,10H,3-4,6H2,1-2H3,(H2,9,11)/b7-5+. The summed E-state index contributed by atoms with van der Waals surface area (Å²) in [5.41, 5.74) is 5.68. The molecule has 3 N–H and O–H groups in total. The van der Waals surface area contributed by atoms with Gasteiger partial charge in [-0.2, -0.15) is 0 Å². The second-order valence-corrected chi connectivity index (χ2v) is 2.50. The molecule has 0 atom stereocenters. The van der Waals surface area contributed by atoms with Gasteiger partial charge in [-0.25, -0.2) is 0 Å². The molecule has 0 saturated heterocycles. The van der Waals surface area contributed by atoms with E-state index in [0.29, 0.717) is 5.57 Å². The molecule has 0 aromatic rings. The third-order valence-corrected chi connectivity index (χ3v) is 1.47. The van der Waals surface area contributed by atoms with E-state index in [1.807, 2.05) is 13.1 Å². The molecular formula is C8H16N2O. The van der Waals surface area contributed by atoms with Gasteiger partial charge in [-0.15, -0.1) is 0 Å². The fourth-order valence-corrected chi connectivity index (χ4v) is 0.698. The summed E-state index contributed by atoms with van der Waals surface area (Å²) in [6, 6.07) is 0. The van der Waals surface area contributed by atoms with E-state index in [4.69, 9.17) is 5.73 Å². The number of unbranched alkanes of at least 4 members (excludes halogenated alkanes) is 1. The predicted molar refractivity (Wildman–Crippen MR) is 46.1 cm³/mol. The minimum absolute atomic E-state index is 0.325. The zero-order valence-corrected chi connectivity index (χ0v) is 7.18. The van der Waals surface area contributed by atoms with Crippen LogP contribution in [0, 0.1) is 0 Å². The Morgan fingerprint density at radius 1 is 1.64 bits per heavy atom. The molecule has 0 bridgehead atoms. The number of hydrogen-bond acceptors (Lipinski definition) is 2. The molecule has 0 saturated carbocycles.